The van der Waals surface area contributed by atoms with E-state index in [-0.39, 0.29) is 11.4 Å². The zero-order chi connectivity index (χ0) is 13.3. The Labute approximate surface area is 98.6 Å². The quantitative estimate of drug-likeness (QED) is 0.613. The number of nitro groups is 1. The highest BCUT2D eigenvalue weighted by atomic mass is 19.4. The van der Waals surface area contributed by atoms with Crippen LogP contribution in [-0.4, -0.2) is 14.7 Å². The number of halogens is 3. The molecule has 0 spiro atoms. The van der Waals surface area contributed by atoms with Crippen LogP contribution in [0, 0.1) is 10.1 Å². The number of nitrogens with zero attached hydrogens (tertiary/aromatic N) is 3. The van der Waals surface area contributed by atoms with Crippen molar-refractivity contribution in [1.29, 1.82) is 0 Å². The van der Waals surface area contributed by atoms with Gasteiger partial charge in [0.2, 0.25) is 0 Å². The number of para-hydroxylation sites is 1. The number of benzene rings is 1. The van der Waals surface area contributed by atoms with Crippen molar-refractivity contribution in [3.8, 4) is 5.69 Å². The summed E-state index contributed by atoms with van der Waals surface area (Å²) in [5.74, 6) is 0. The van der Waals surface area contributed by atoms with Crippen LogP contribution in [0.15, 0.2) is 36.7 Å². The zero-order valence-corrected chi connectivity index (χ0v) is 8.76. The minimum atomic E-state index is -4.54. The van der Waals surface area contributed by atoms with Crippen molar-refractivity contribution in [2.45, 2.75) is 6.18 Å². The largest absolute Gasteiger partial charge is 0.418 e. The first-order chi connectivity index (χ1) is 8.39. The summed E-state index contributed by atoms with van der Waals surface area (Å²) in [4.78, 5) is 9.73. The van der Waals surface area contributed by atoms with E-state index < -0.39 is 16.7 Å². The van der Waals surface area contributed by atoms with Crippen LogP contribution in [0.25, 0.3) is 5.69 Å². The molecule has 0 fully saturated rings. The van der Waals surface area contributed by atoms with Crippen molar-refractivity contribution >= 4 is 5.69 Å². The van der Waals surface area contributed by atoms with E-state index in [9.17, 15) is 23.3 Å². The van der Waals surface area contributed by atoms with Gasteiger partial charge in [-0.3, -0.25) is 10.1 Å². The summed E-state index contributed by atoms with van der Waals surface area (Å²) in [5.41, 5.74) is -1.52. The maximum absolute atomic E-state index is 12.7. The molecule has 1 aromatic heterocycles. The molecule has 1 aromatic carbocycles. The molecular formula is C10H6F3N3O2. The number of rotatable bonds is 2. The topological polar surface area (TPSA) is 61.0 Å². The molecule has 0 aliphatic heterocycles. The second-order valence-electron chi connectivity index (χ2n) is 3.42. The van der Waals surface area contributed by atoms with E-state index in [1.165, 1.54) is 18.2 Å². The van der Waals surface area contributed by atoms with Gasteiger partial charge in [-0.15, -0.1) is 0 Å². The van der Waals surface area contributed by atoms with Crippen LogP contribution in [0.4, 0.5) is 18.9 Å². The Morgan fingerprint density at radius 2 is 1.94 bits per heavy atom. The lowest BCUT2D eigenvalue weighted by molar-refractivity contribution is -0.384. The van der Waals surface area contributed by atoms with Gasteiger partial charge in [0.05, 0.1) is 16.2 Å². The third-order valence-corrected chi connectivity index (χ3v) is 2.24. The fraction of sp³-hybridized carbons (Fsp3) is 0.100. The first-order valence-electron chi connectivity index (χ1n) is 4.75. The molecule has 1 heterocycles. The van der Waals surface area contributed by atoms with Crippen LogP contribution >= 0.6 is 0 Å². The normalized spacial score (nSPS) is 11.5. The van der Waals surface area contributed by atoms with Crippen LogP contribution in [-0.2, 0) is 6.18 Å². The first kappa shape index (κ1) is 12.1. The zero-order valence-electron chi connectivity index (χ0n) is 8.76. The Kier molecular flexibility index (Phi) is 2.77. The van der Waals surface area contributed by atoms with Crippen LogP contribution in [0.3, 0.4) is 0 Å². The number of alkyl halides is 3. The highest BCUT2D eigenvalue weighted by molar-refractivity contribution is 5.43. The highest BCUT2D eigenvalue weighted by Crippen LogP contribution is 2.33. The van der Waals surface area contributed by atoms with E-state index in [0.29, 0.717) is 0 Å². The molecule has 0 bridgehead atoms. The Morgan fingerprint density at radius 1 is 1.28 bits per heavy atom. The Hall–Kier alpha value is -2.38. The lowest BCUT2D eigenvalue weighted by atomic mass is 10.2. The number of aromatic nitrogens is 2. The minimum absolute atomic E-state index is 0.252. The van der Waals surface area contributed by atoms with Gasteiger partial charge in [0.1, 0.15) is 12.4 Å². The molecule has 0 N–H and O–H groups in total. The summed E-state index contributed by atoms with van der Waals surface area (Å²) >= 11 is 0. The van der Waals surface area contributed by atoms with Crippen LogP contribution in [0.1, 0.15) is 5.56 Å². The van der Waals surface area contributed by atoms with Gasteiger partial charge in [-0.2, -0.15) is 18.3 Å². The molecule has 0 unspecified atom stereocenters. The summed E-state index contributed by atoms with van der Waals surface area (Å²) in [6.45, 7) is 0. The first-order valence-corrected chi connectivity index (χ1v) is 4.75. The average Bonchev–Trinajstić information content (AvgIpc) is 2.77. The van der Waals surface area contributed by atoms with E-state index in [0.717, 1.165) is 23.1 Å². The molecular weight excluding hydrogens is 251 g/mol. The van der Waals surface area contributed by atoms with Crippen molar-refractivity contribution in [3.05, 3.63) is 52.3 Å². The van der Waals surface area contributed by atoms with Crippen molar-refractivity contribution in [1.82, 2.24) is 9.78 Å². The molecule has 0 atom stereocenters. The maximum atomic E-state index is 12.7. The van der Waals surface area contributed by atoms with E-state index in [2.05, 4.69) is 5.10 Å². The lowest BCUT2D eigenvalue weighted by Gasteiger charge is -2.11. The summed E-state index contributed by atoms with van der Waals surface area (Å²) < 4.78 is 39.0. The molecule has 2 aromatic rings. The van der Waals surface area contributed by atoms with Crippen molar-refractivity contribution in [2.75, 3.05) is 0 Å². The molecule has 8 heteroatoms. The molecule has 2 rings (SSSR count). The second kappa shape index (κ2) is 4.13. The van der Waals surface area contributed by atoms with Gasteiger partial charge in [-0.05, 0) is 12.1 Å². The second-order valence-corrected chi connectivity index (χ2v) is 3.42. The predicted octanol–water partition coefficient (Wildman–Crippen LogP) is 2.80. The van der Waals surface area contributed by atoms with Gasteiger partial charge in [-0.1, -0.05) is 12.1 Å². The van der Waals surface area contributed by atoms with Crippen molar-refractivity contribution < 1.29 is 18.1 Å². The maximum Gasteiger partial charge on any atom is 0.418 e. The Morgan fingerprint density at radius 3 is 2.50 bits per heavy atom. The molecule has 18 heavy (non-hydrogen) atoms. The van der Waals surface area contributed by atoms with Crippen LogP contribution in [0.2, 0.25) is 0 Å². The van der Waals surface area contributed by atoms with Gasteiger partial charge in [0, 0.05) is 0 Å². The van der Waals surface area contributed by atoms with Crippen LogP contribution < -0.4 is 0 Å². The molecule has 0 aliphatic rings. The third-order valence-electron chi connectivity index (χ3n) is 2.24. The molecule has 0 aliphatic carbocycles. The van der Waals surface area contributed by atoms with Gasteiger partial charge in [0.15, 0.2) is 0 Å². The van der Waals surface area contributed by atoms with Crippen molar-refractivity contribution in [2.24, 2.45) is 0 Å². The molecule has 0 amide bonds. The lowest BCUT2D eigenvalue weighted by Crippen LogP contribution is -2.10. The van der Waals surface area contributed by atoms with Crippen LogP contribution in [0.5, 0.6) is 0 Å². The summed E-state index contributed by atoms with van der Waals surface area (Å²) in [7, 11) is 0. The average molecular weight is 257 g/mol. The third kappa shape index (κ3) is 2.17. The van der Waals surface area contributed by atoms with E-state index in [1.54, 1.807) is 0 Å². The molecule has 5 nitrogen and oxygen atoms in total. The van der Waals surface area contributed by atoms with E-state index >= 15 is 0 Å². The monoisotopic (exact) mass is 257 g/mol. The predicted molar refractivity (Wildman–Crippen MR) is 55.2 cm³/mol. The Balaban J connectivity index is 2.53. The van der Waals surface area contributed by atoms with E-state index in [4.69, 9.17) is 0 Å². The molecule has 0 saturated carbocycles. The minimum Gasteiger partial charge on any atom is -0.258 e. The fourth-order valence-electron chi connectivity index (χ4n) is 1.45. The molecule has 0 saturated heterocycles. The van der Waals surface area contributed by atoms with E-state index in [1.807, 2.05) is 0 Å². The number of hydrogen-bond donors (Lipinski definition) is 0. The smallest absolute Gasteiger partial charge is 0.258 e. The van der Waals surface area contributed by atoms with Gasteiger partial charge in [0.25, 0.3) is 0 Å². The van der Waals surface area contributed by atoms with Gasteiger partial charge in [-0.25, -0.2) is 4.68 Å². The van der Waals surface area contributed by atoms with Gasteiger partial charge >= 0.3 is 11.9 Å². The standard InChI is InChI=1S/C10H6F3N3O2/c11-10(12,13)8-3-1-2-4-9(8)15-6-7(5-14-15)16(17)18/h1-6H. The highest BCUT2D eigenvalue weighted by Gasteiger charge is 2.34. The molecule has 94 valence electrons. The summed E-state index contributed by atoms with van der Waals surface area (Å²) in [6.07, 6.45) is -2.71. The molecule has 0 radical (unpaired) electrons. The van der Waals surface area contributed by atoms with Crippen molar-refractivity contribution in [3.63, 3.8) is 0 Å². The number of hydrogen-bond acceptors (Lipinski definition) is 3. The summed E-state index contributed by atoms with van der Waals surface area (Å²) in [5, 5.41) is 14.0. The van der Waals surface area contributed by atoms with Gasteiger partial charge < -0.3 is 0 Å². The SMILES string of the molecule is O=[N+]([O-])c1cnn(-c2ccccc2C(F)(F)F)c1. The fourth-order valence-corrected chi connectivity index (χ4v) is 1.45. The summed E-state index contributed by atoms with van der Waals surface area (Å²) in [6, 6.07) is 4.73. The Bertz CT molecular complexity index is 592.